The number of rotatable bonds is 9. The SMILES string of the molecule is COc1ccc(Cn2nc(NC3CCCCC3)c3c(Oc4ccc(C(=O)Nc5cc(C)ccn5)cc4)ccnc32)cc1. The molecule has 0 aliphatic heterocycles. The highest BCUT2D eigenvalue weighted by molar-refractivity contribution is 6.03. The normalized spacial score (nSPS) is 13.6. The van der Waals surface area contributed by atoms with Gasteiger partial charge in [-0.1, -0.05) is 31.4 Å². The number of fused-ring (bicyclic) bond motifs is 1. The van der Waals surface area contributed by atoms with E-state index in [1.54, 1.807) is 43.8 Å². The number of carbonyl (C=O) groups is 1. The minimum Gasteiger partial charge on any atom is -0.497 e. The number of hydrogen-bond donors (Lipinski definition) is 2. The second-order valence-electron chi connectivity index (χ2n) is 10.6. The molecule has 3 aromatic heterocycles. The number of carbonyl (C=O) groups excluding carboxylic acids is 1. The molecule has 2 N–H and O–H groups in total. The summed E-state index contributed by atoms with van der Waals surface area (Å²) in [6, 6.07) is 21.0. The molecule has 1 saturated carbocycles. The van der Waals surface area contributed by atoms with Crippen LogP contribution < -0.4 is 20.1 Å². The van der Waals surface area contributed by atoms with Gasteiger partial charge in [-0.3, -0.25) is 4.79 Å². The number of aromatic nitrogens is 4. The molecule has 1 aliphatic carbocycles. The first-order valence-corrected chi connectivity index (χ1v) is 14.3. The molecule has 0 saturated heterocycles. The van der Waals surface area contributed by atoms with Crippen molar-refractivity contribution in [2.24, 2.45) is 0 Å². The predicted octanol–water partition coefficient (Wildman–Crippen LogP) is 6.98. The first-order valence-electron chi connectivity index (χ1n) is 14.3. The summed E-state index contributed by atoms with van der Waals surface area (Å²) in [6.45, 7) is 2.52. The molecule has 6 rings (SSSR count). The van der Waals surface area contributed by atoms with Gasteiger partial charge in [-0.2, -0.15) is 5.10 Å². The summed E-state index contributed by atoms with van der Waals surface area (Å²) < 4.78 is 13.6. The molecule has 5 aromatic rings. The number of nitrogens with zero attached hydrogens (tertiary/aromatic N) is 4. The summed E-state index contributed by atoms with van der Waals surface area (Å²) >= 11 is 0. The fourth-order valence-corrected chi connectivity index (χ4v) is 5.30. The second kappa shape index (κ2) is 12.3. The first-order chi connectivity index (χ1) is 20.6. The Hall–Kier alpha value is -4.92. The Balaban J connectivity index is 1.27. The summed E-state index contributed by atoms with van der Waals surface area (Å²) in [6.07, 6.45) is 9.35. The lowest BCUT2D eigenvalue weighted by Gasteiger charge is -2.22. The molecule has 9 nitrogen and oxygen atoms in total. The third-order valence-electron chi connectivity index (χ3n) is 7.53. The smallest absolute Gasteiger partial charge is 0.256 e. The number of ether oxygens (including phenoxy) is 2. The molecular formula is C33H34N6O3. The molecule has 0 atom stereocenters. The predicted molar refractivity (Wildman–Crippen MR) is 164 cm³/mol. The van der Waals surface area contributed by atoms with E-state index < -0.39 is 0 Å². The fourth-order valence-electron chi connectivity index (χ4n) is 5.30. The van der Waals surface area contributed by atoms with Gasteiger partial charge in [0.15, 0.2) is 11.5 Å². The second-order valence-corrected chi connectivity index (χ2v) is 10.6. The van der Waals surface area contributed by atoms with Crippen molar-refractivity contribution in [3.8, 4) is 17.2 Å². The number of pyridine rings is 2. The Labute approximate surface area is 244 Å². The van der Waals surface area contributed by atoms with Gasteiger partial charge in [0.05, 0.1) is 13.7 Å². The number of nitrogens with one attached hydrogen (secondary N) is 2. The number of methoxy groups -OCH3 is 1. The van der Waals surface area contributed by atoms with Gasteiger partial charge in [0.1, 0.15) is 28.5 Å². The number of amides is 1. The molecule has 0 bridgehead atoms. The molecule has 9 heteroatoms. The minimum atomic E-state index is -0.232. The highest BCUT2D eigenvalue weighted by Crippen LogP contribution is 2.36. The maximum Gasteiger partial charge on any atom is 0.256 e. The average molecular weight is 563 g/mol. The van der Waals surface area contributed by atoms with Crippen molar-refractivity contribution in [1.29, 1.82) is 0 Å². The molecular weight excluding hydrogens is 528 g/mol. The Morgan fingerprint density at radius 3 is 2.40 bits per heavy atom. The van der Waals surface area contributed by atoms with E-state index in [1.807, 2.05) is 54.1 Å². The maximum absolute atomic E-state index is 12.8. The van der Waals surface area contributed by atoms with Gasteiger partial charge in [-0.25, -0.2) is 14.6 Å². The minimum absolute atomic E-state index is 0.232. The average Bonchev–Trinajstić information content (AvgIpc) is 3.35. The summed E-state index contributed by atoms with van der Waals surface area (Å²) in [4.78, 5) is 21.7. The molecule has 3 heterocycles. The fraction of sp³-hybridized carbons (Fsp3) is 0.273. The Morgan fingerprint density at radius 2 is 1.67 bits per heavy atom. The highest BCUT2D eigenvalue weighted by atomic mass is 16.5. The standard InChI is InChI=1S/C33H34N6O3/c1-22-16-18-34-29(20-22)37-33(40)24-10-14-27(15-11-24)42-28-17-19-35-32-30(28)31(36-25-6-4-3-5-7-25)38-39(32)21-23-8-12-26(41-2)13-9-23/h8-20,25H,3-7,21H2,1-2H3,(H,36,38)(H,34,37,40). The molecule has 2 aromatic carbocycles. The van der Waals surface area contributed by atoms with Crippen LogP contribution in [0.2, 0.25) is 0 Å². The third kappa shape index (κ3) is 6.20. The van der Waals surface area contributed by atoms with E-state index in [-0.39, 0.29) is 5.91 Å². The van der Waals surface area contributed by atoms with E-state index in [4.69, 9.17) is 19.6 Å². The molecule has 1 amide bonds. The largest absolute Gasteiger partial charge is 0.497 e. The van der Waals surface area contributed by atoms with Crippen LogP contribution in [0.1, 0.15) is 53.6 Å². The Bertz CT molecular complexity index is 1680. The van der Waals surface area contributed by atoms with Crippen molar-refractivity contribution in [2.45, 2.75) is 51.6 Å². The zero-order valence-electron chi connectivity index (χ0n) is 23.8. The summed E-state index contributed by atoms with van der Waals surface area (Å²) in [5.74, 6) is 3.14. The first kappa shape index (κ1) is 27.3. The molecule has 1 aliphatic rings. The lowest BCUT2D eigenvalue weighted by molar-refractivity contribution is 0.102. The van der Waals surface area contributed by atoms with Crippen molar-refractivity contribution in [1.82, 2.24) is 19.7 Å². The van der Waals surface area contributed by atoms with Gasteiger partial charge in [0.2, 0.25) is 0 Å². The van der Waals surface area contributed by atoms with Crippen LogP contribution in [0, 0.1) is 6.92 Å². The molecule has 1 fully saturated rings. The maximum atomic E-state index is 12.8. The number of benzene rings is 2. The van der Waals surface area contributed by atoms with Crippen molar-refractivity contribution in [2.75, 3.05) is 17.7 Å². The van der Waals surface area contributed by atoms with E-state index in [0.717, 1.165) is 46.6 Å². The van der Waals surface area contributed by atoms with Crippen LogP contribution in [0.4, 0.5) is 11.6 Å². The number of hydrogen-bond acceptors (Lipinski definition) is 7. The van der Waals surface area contributed by atoms with Gasteiger partial charge in [-0.15, -0.1) is 0 Å². The molecule has 0 unspecified atom stereocenters. The van der Waals surface area contributed by atoms with Gasteiger partial charge < -0.3 is 20.1 Å². The highest BCUT2D eigenvalue weighted by Gasteiger charge is 2.21. The molecule has 214 valence electrons. The van der Waals surface area contributed by atoms with Gasteiger partial charge in [0.25, 0.3) is 5.91 Å². The van der Waals surface area contributed by atoms with Crippen LogP contribution in [-0.4, -0.2) is 38.8 Å². The zero-order chi connectivity index (χ0) is 28.9. The van der Waals surface area contributed by atoms with E-state index in [9.17, 15) is 4.79 Å². The van der Waals surface area contributed by atoms with E-state index in [2.05, 4.69) is 15.6 Å². The van der Waals surface area contributed by atoms with E-state index in [0.29, 0.717) is 35.5 Å². The van der Waals surface area contributed by atoms with Crippen LogP contribution in [0.25, 0.3) is 11.0 Å². The summed E-state index contributed by atoms with van der Waals surface area (Å²) in [7, 11) is 1.66. The van der Waals surface area contributed by atoms with Crippen LogP contribution in [0.5, 0.6) is 17.2 Å². The van der Waals surface area contributed by atoms with Crippen molar-refractivity contribution in [3.05, 3.63) is 95.8 Å². The third-order valence-corrected chi connectivity index (χ3v) is 7.53. The zero-order valence-corrected chi connectivity index (χ0v) is 23.8. The molecule has 0 radical (unpaired) electrons. The van der Waals surface area contributed by atoms with Gasteiger partial charge in [-0.05, 0) is 79.4 Å². The van der Waals surface area contributed by atoms with Gasteiger partial charge >= 0.3 is 0 Å². The van der Waals surface area contributed by atoms with Crippen LogP contribution in [-0.2, 0) is 6.54 Å². The lowest BCUT2D eigenvalue weighted by atomic mass is 9.95. The number of aryl methyl sites for hydroxylation is 1. The van der Waals surface area contributed by atoms with Gasteiger partial charge in [0, 0.05) is 30.1 Å². The Morgan fingerprint density at radius 1 is 0.929 bits per heavy atom. The quantitative estimate of drug-likeness (QED) is 0.200. The monoisotopic (exact) mass is 562 g/mol. The van der Waals surface area contributed by atoms with Crippen molar-refractivity contribution < 1.29 is 14.3 Å². The van der Waals surface area contributed by atoms with E-state index >= 15 is 0 Å². The lowest BCUT2D eigenvalue weighted by Crippen LogP contribution is -2.22. The van der Waals surface area contributed by atoms with E-state index in [1.165, 1.54) is 19.3 Å². The Kier molecular flexibility index (Phi) is 7.98. The van der Waals surface area contributed by atoms with Crippen LogP contribution >= 0.6 is 0 Å². The molecule has 0 spiro atoms. The topological polar surface area (TPSA) is 103 Å². The van der Waals surface area contributed by atoms with Crippen LogP contribution in [0.3, 0.4) is 0 Å². The summed E-state index contributed by atoms with van der Waals surface area (Å²) in [5.41, 5.74) is 3.37. The molecule has 42 heavy (non-hydrogen) atoms. The summed E-state index contributed by atoms with van der Waals surface area (Å²) in [5, 5.41) is 12.4. The van der Waals surface area contributed by atoms with Crippen LogP contribution in [0.15, 0.2) is 79.1 Å². The van der Waals surface area contributed by atoms with Crippen molar-refractivity contribution >= 4 is 28.6 Å². The number of anilines is 2. The van der Waals surface area contributed by atoms with Crippen molar-refractivity contribution in [3.63, 3.8) is 0 Å².